The molecule has 1 aromatic carbocycles. The van der Waals surface area contributed by atoms with Gasteiger partial charge in [-0.05, 0) is 44.1 Å². The predicted octanol–water partition coefficient (Wildman–Crippen LogP) is 1.11. The van der Waals surface area contributed by atoms with Crippen molar-refractivity contribution in [3.8, 4) is 22.9 Å². The quantitative estimate of drug-likeness (QED) is 0.667. The molecular formula is C20H25N5O4. The Morgan fingerprint density at radius 2 is 1.86 bits per heavy atom. The van der Waals surface area contributed by atoms with Gasteiger partial charge in [0.25, 0.3) is 5.56 Å². The van der Waals surface area contributed by atoms with Gasteiger partial charge < -0.3 is 14.5 Å². The Hall–Kier alpha value is -3.07. The lowest BCUT2D eigenvalue weighted by molar-refractivity contribution is 0.230. The third-order valence-electron chi connectivity index (χ3n) is 5.40. The largest absolute Gasteiger partial charge is 0.493 e. The van der Waals surface area contributed by atoms with Crippen molar-refractivity contribution in [3.05, 3.63) is 39.0 Å². The van der Waals surface area contributed by atoms with E-state index < -0.39 is 11.2 Å². The summed E-state index contributed by atoms with van der Waals surface area (Å²) < 4.78 is 13.8. The zero-order valence-corrected chi connectivity index (χ0v) is 16.9. The van der Waals surface area contributed by atoms with E-state index in [2.05, 4.69) is 14.9 Å². The van der Waals surface area contributed by atoms with Gasteiger partial charge in [0.2, 0.25) is 0 Å². The molecule has 29 heavy (non-hydrogen) atoms. The van der Waals surface area contributed by atoms with Crippen LogP contribution in [0.4, 0.5) is 0 Å². The van der Waals surface area contributed by atoms with E-state index in [4.69, 9.17) is 9.47 Å². The molecule has 0 saturated carbocycles. The smallest absolute Gasteiger partial charge is 0.332 e. The van der Waals surface area contributed by atoms with Crippen LogP contribution in [-0.2, 0) is 14.1 Å². The van der Waals surface area contributed by atoms with Crippen LogP contribution in [0.25, 0.3) is 22.6 Å². The standard InChI is InChI=1S/C20H25N5O4/c1-23-18-16(19(26)24(2)20(23)27)21-17(22-18)13-6-7-14(28-3)15(12-13)29-11-10-25-8-4-5-9-25/h6-7,12H,4-5,8-11H2,1-3H3,(H,21,22). The number of H-pyrrole nitrogens is 1. The first-order valence-corrected chi connectivity index (χ1v) is 9.69. The van der Waals surface area contributed by atoms with Crippen LogP contribution in [0.1, 0.15) is 12.8 Å². The third kappa shape index (κ3) is 3.53. The fourth-order valence-corrected chi connectivity index (χ4v) is 3.69. The van der Waals surface area contributed by atoms with E-state index in [9.17, 15) is 9.59 Å². The van der Waals surface area contributed by atoms with Gasteiger partial charge in [0.05, 0.1) is 7.11 Å². The minimum Gasteiger partial charge on any atom is -0.493 e. The van der Waals surface area contributed by atoms with E-state index in [0.29, 0.717) is 29.6 Å². The molecule has 154 valence electrons. The van der Waals surface area contributed by atoms with Crippen LogP contribution in [0.3, 0.4) is 0 Å². The topological polar surface area (TPSA) is 94.4 Å². The zero-order chi connectivity index (χ0) is 20.5. The lowest BCUT2D eigenvalue weighted by Crippen LogP contribution is -2.36. The molecule has 9 heteroatoms. The highest BCUT2D eigenvalue weighted by molar-refractivity contribution is 5.76. The van der Waals surface area contributed by atoms with Gasteiger partial charge in [-0.1, -0.05) is 0 Å². The minimum atomic E-state index is -0.416. The second-order valence-electron chi connectivity index (χ2n) is 7.25. The van der Waals surface area contributed by atoms with E-state index in [1.807, 2.05) is 18.2 Å². The summed E-state index contributed by atoms with van der Waals surface area (Å²) >= 11 is 0. The van der Waals surface area contributed by atoms with Gasteiger partial charge >= 0.3 is 5.69 Å². The number of ether oxygens (including phenoxy) is 2. The van der Waals surface area contributed by atoms with Gasteiger partial charge in [-0.3, -0.25) is 18.8 Å². The molecular weight excluding hydrogens is 374 g/mol. The van der Waals surface area contributed by atoms with E-state index >= 15 is 0 Å². The zero-order valence-electron chi connectivity index (χ0n) is 16.9. The van der Waals surface area contributed by atoms with Gasteiger partial charge in [0, 0.05) is 26.2 Å². The maximum atomic E-state index is 12.4. The molecule has 0 atom stereocenters. The molecule has 1 N–H and O–H groups in total. The number of aromatic nitrogens is 4. The Labute approximate surface area is 167 Å². The van der Waals surface area contributed by atoms with E-state index in [0.717, 1.165) is 29.8 Å². The number of benzene rings is 1. The Bertz CT molecular complexity index is 1150. The number of hydrogen-bond acceptors (Lipinski definition) is 6. The van der Waals surface area contributed by atoms with E-state index in [1.54, 1.807) is 14.2 Å². The van der Waals surface area contributed by atoms with Crippen LogP contribution in [0.15, 0.2) is 27.8 Å². The summed E-state index contributed by atoms with van der Waals surface area (Å²) in [6, 6.07) is 5.49. The van der Waals surface area contributed by atoms with Crippen molar-refractivity contribution in [1.29, 1.82) is 0 Å². The molecule has 9 nitrogen and oxygen atoms in total. The number of aromatic amines is 1. The average Bonchev–Trinajstić information content (AvgIpc) is 3.41. The van der Waals surface area contributed by atoms with Crippen LogP contribution >= 0.6 is 0 Å². The summed E-state index contributed by atoms with van der Waals surface area (Å²) in [7, 11) is 4.64. The van der Waals surface area contributed by atoms with Gasteiger partial charge in [0.15, 0.2) is 17.1 Å². The first kappa shape index (κ1) is 19.3. The summed E-state index contributed by atoms with van der Waals surface area (Å²) in [5.74, 6) is 1.74. The highest BCUT2D eigenvalue weighted by Crippen LogP contribution is 2.32. The predicted molar refractivity (Wildman–Crippen MR) is 110 cm³/mol. The fourth-order valence-electron chi connectivity index (χ4n) is 3.69. The molecule has 0 aliphatic carbocycles. The average molecular weight is 399 g/mol. The monoisotopic (exact) mass is 399 g/mol. The molecule has 1 aliphatic heterocycles. The fraction of sp³-hybridized carbons (Fsp3) is 0.450. The molecule has 1 aliphatic rings. The molecule has 0 radical (unpaired) electrons. The van der Waals surface area contributed by atoms with Crippen LogP contribution in [0, 0.1) is 0 Å². The normalized spacial score (nSPS) is 14.6. The van der Waals surface area contributed by atoms with Crippen molar-refractivity contribution in [2.24, 2.45) is 14.1 Å². The van der Waals surface area contributed by atoms with Crippen LogP contribution in [-0.4, -0.2) is 57.4 Å². The molecule has 0 spiro atoms. The maximum Gasteiger partial charge on any atom is 0.332 e. The van der Waals surface area contributed by atoms with Crippen LogP contribution in [0.2, 0.25) is 0 Å². The highest BCUT2D eigenvalue weighted by atomic mass is 16.5. The minimum absolute atomic E-state index is 0.289. The van der Waals surface area contributed by atoms with Crippen LogP contribution < -0.4 is 20.7 Å². The van der Waals surface area contributed by atoms with Crippen LogP contribution in [0.5, 0.6) is 11.5 Å². The van der Waals surface area contributed by atoms with Crippen molar-refractivity contribution < 1.29 is 9.47 Å². The van der Waals surface area contributed by atoms with E-state index in [-0.39, 0.29) is 5.52 Å². The molecule has 0 bridgehead atoms. The maximum absolute atomic E-state index is 12.4. The molecule has 2 aromatic heterocycles. The van der Waals surface area contributed by atoms with Gasteiger partial charge in [0.1, 0.15) is 17.9 Å². The van der Waals surface area contributed by atoms with Crippen molar-refractivity contribution in [2.45, 2.75) is 12.8 Å². The molecule has 1 saturated heterocycles. The molecule has 3 heterocycles. The summed E-state index contributed by atoms with van der Waals surface area (Å²) in [6.07, 6.45) is 2.49. The highest BCUT2D eigenvalue weighted by Gasteiger charge is 2.16. The first-order valence-electron chi connectivity index (χ1n) is 9.69. The van der Waals surface area contributed by atoms with Crippen molar-refractivity contribution in [2.75, 3.05) is 33.4 Å². The van der Waals surface area contributed by atoms with E-state index in [1.165, 1.54) is 24.5 Å². The SMILES string of the molecule is COc1ccc(-c2nc3c([nH]2)c(=O)n(C)c(=O)n3C)cc1OCCN1CCCC1. The summed E-state index contributed by atoms with van der Waals surface area (Å²) in [5, 5.41) is 0. The molecule has 1 fully saturated rings. The van der Waals surface area contributed by atoms with Crippen molar-refractivity contribution >= 4 is 11.2 Å². The molecule has 0 unspecified atom stereocenters. The summed E-state index contributed by atoms with van der Waals surface area (Å²) in [5.41, 5.74) is 0.531. The Balaban J connectivity index is 1.66. The summed E-state index contributed by atoms with van der Waals surface area (Å²) in [4.78, 5) is 34.5. The number of hydrogen-bond donors (Lipinski definition) is 1. The van der Waals surface area contributed by atoms with Crippen molar-refractivity contribution in [1.82, 2.24) is 24.0 Å². The second-order valence-corrected chi connectivity index (χ2v) is 7.25. The Morgan fingerprint density at radius 3 is 2.59 bits per heavy atom. The number of imidazole rings is 1. The number of nitrogens with zero attached hydrogens (tertiary/aromatic N) is 4. The molecule has 3 aromatic rings. The van der Waals surface area contributed by atoms with Crippen molar-refractivity contribution in [3.63, 3.8) is 0 Å². The van der Waals surface area contributed by atoms with Gasteiger partial charge in [-0.15, -0.1) is 0 Å². The molecule has 0 amide bonds. The Morgan fingerprint density at radius 1 is 1.10 bits per heavy atom. The third-order valence-corrected chi connectivity index (χ3v) is 5.40. The van der Waals surface area contributed by atoms with Gasteiger partial charge in [-0.2, -0.15) is 0 Å². The lowest BCUT2D eigenvalue weighted by Gasteiger charge is -2.16. The Kier molecular flexibility index (Phi) is 5.14. The van der Waals surface area contributed by atoms with Gasteiger partial charge in [-0.25, -0.2) is 9.78 Å². The number of fused-ring (bicyclic) bond motifs is 1. The first-order chi connectivity index (χ1) is 14.0. The number of aryl methyl sites for hydroxylation is 1. The lowest BCUT2D eigenvalue weighted by atomic mass is 10.2. The number of nitrogens with one attached hydrogen (secondary N) is 1. The molecule has 4 rings (SSSR count). The summed E-state index contributed by atoms with van der Waals surface area (Å²) in [6.45, 7) is 3.67. The number of methoxy groups -OCH3 is 1. The number of rotatable bonds is 6. The number of likely N-dealkylation sites (tertiary alicyclic amines) is 1. The second kappa shape index (κ2) is 7.75.